The van der Waals surface area contributed by atoms with Gasteiger partial charge in [-0.15, -0.1) is 21.9 Å². The number of ketones is 1. The number of halogens is 20. The minimum absolute atomic E-state index is 0.0125. The molecule has 0 amide bonds. The highest BCUT2D eigenvalue weighted by molar-refractivity contribution is 7.96. The average Bonchev–Trinajstić information content (AvgIpc) is 3.20. The van der Waals surface area contributed by atoms with Crippen molar-refractivity contribution in [2.24, 2.45) is 0 Å². The molecule has 0 atom stereocenters. The summed E-state index contributed by atoms with van der Waals surface area (Å²) in [7, 11) is 0.0563. The third-order valence-corrected chi connectivity index (χ3v) is 9.37. The van der Waals surface area contributed by atoms with E-state index in [2.05, 4.69) is 0 Å². The van der Waals surface area contributed by atoms with Crippen LogP contribution in [0.15, 0.2) is 24.3 Å². The Morgan fingerprint density at radius 3 is 0.817 bits per heavy atom. The van der Waals surface area contributed by atoms with Crippen LogP contribution in [0, 0.1) is 126 Å². The van der Waals surface area contributed by atoms with E-state index in [9.17, 15) is 67.6 Å². The van der Waals surface area contributed by atoms with Gasteiger partial charge >= 0.3 is 0 Å². The van der Waals surface area contributed by atoms with Crippen molar-refractivity contribution in [1.29, 1.82) is 0 Å². The molecular weight excluding hydrogens is 893 g/mol. The van der Waals surface area contributed by atoms with Crippen molar-refractivity contribution in [2.45, 2.75) is 0 Å². The molecule has 0 saturated heterocycles. The molecule has 26 heteroatoms. The van der Waals surface area contributed by atoms with Crippen LogP contribution < -0.4 is 21.9 Å². The summed E-state index contributed by atoms with van der Waals surface area (Å²) in [5.74, 6) is -70.9. The maximum atomic E-state index is 15.4. The number of nitro benzene ring substituents is 1. The number of carbonyl (C=O) groups excluding carboxylic acids is 1. The van der Waals surface area contributed by atoms with Crippen LogP contribution in [-0.4, -0.2) is 35.1 Å². The van der Waals surface area contributed by atoms with Crippen molar-refractivity contribution in [3.63, 3.8) is 0 Å². The SMILES string of the molecule is C[S+](C)CC(=O)c1ccc([N+](=O)[O-])cc1.Fc1c(F)c(F)c([B-](c2c(F)c(F)c(F)c(F)c2F)(c2c(F)c(F)c(F)c(F)c2F)c2c(F)c(F)c(F)c(F)c2F)c(F)c1F. The normalized spacial score (nSPS) is 11.6. The molecule has 5 rings (SSSR count). The van der Waals surface area contributed by atoms with Crippen LogP contribution in [0.25, 0.3) is 0 Å². The van der Waals surface area contributed by atoms with Gasteiger partial charge in [0.1, 0.15) is 52.7 Å². The van der Waals surface area contributed by atoms with E-state index in [1.165, 1.54) is 24.3 Å². The Morgan fingerprint density at radius 1 is 0.433 bits per heavy atom. The second-order valence-corrected chi connectivity index (χ2v) is 14.4. The summed E-state index contributed by atoms with van der Waals surface area (Å²) >= 11 is 0. The number of rotatable bonds is 8. The molecule has 0 aliphatic rings. The Bertz CT molecular complexity index is 2230. The van der Waals surface area contributed by atoms with E-state index >= 15 is 35.1 Å². The lowest BCUT2D eigenvalue weighted by molar-refractivity contribution is -0.384. The van der Waals surface area contributed by atoms with E-state index in [0.717, 1.165) is 0 Å². The summed E-state index contributed by atoms with van der Waals surface area (Å²) in [5.41, 5.74) is -13.8. The van der Waals surface area contributed by atoms with Crippen LogP contribution in [0.5, 0.6) is 0 Å². The number of Topliss-reactive ketones (excluding diaryl/α,β-unsaturated/α-hetero) is 1. The predicted octanol–water partition coefficient (Wildman–Crippen LogP) is 7.50. The van der Waals surface area contributed by atoms with Gasteiger partial charge in [0.15, 0.2) is 75.6 Å². The summed E-state index contributed by atoms with van der Waals surface area (Å²) in [6.45, 7) is 0. The molecule has 0 radical (unpaired) electrons. The largest absolute Gasteiger partial charge is 0.289 e. The molecule has 60 heavy (non-hydrogen) atoms. The van der Waals surface area contributed by atoms with Crippen molar-refractivity contribution < 1.29 is 97.5 Å². The second kappa shape index (κ2) is 17.0. The molecule has 320 valence electrons. The first-order valence-electron chi connectivity index (χ1n) is 15.3. The number of benzene rings is 5. The van der Waals surface area contributed by atoms with Crippen LogP contribution in [-0.2, 0) is 10.9 Å². The Morgan fingerprint density at radius 2 is 0.633 bits per heavy atom. The van der Waals surface area contributed by atoms with Gasteiger partial charge in [0.2, 0.25) is 5.78 Å². The molecular formula is C34H12BF20NO3S. The van der Waals surface area contributed by atoms with E-state index in [0.29, 0.717) is 11.3 Å². The lowest BCUT2D eigenvalue weighted by Crippen LogP contribution is -2.81. The number of non-ortho nitro benzene ring substituents is 1. The fourth-order valence-corrected chi connectivity index (χ4v) is 6.68. The zero-order chi connectivity index (χ0) is 45.8. The third-order valence-electron chi connectivity index (χ3n) is 8.53. The molecule has 0 aromatic heterocycles. The van der Waals surface area contributed by atoms with E-state index in [1.807, 2.05) is 12.5 Å². The second-order valence-electron chi connectivity index (χ2n) is 12.2. The zero-order valence-corrected chi connectivity index (χ0v) is 29.5. The van der Waals surface area contributed by atoms with Crippen LogP contribution in [0.2, 0.25) is 0 Å². The highest BCUT2D eigenvalue weighted by Crippen LogP contribution is 2.30. The monoisotopic (exact) mass is 905 g/mol. The summed E-state index contributed by atoms with van der Waals surface area (Å²) in [6, 6.07) is 5.73. The van der Waals surface area contributed by atoms with E-state index in [1.54, 1.807) is 0 Å². The Labute approximate surface area is 322 Å². The van der Waals surface area contributed by atoms with Crippen LogP contribution in [0.4, 0.5) is 93.5 Å². The summed E-state index contributed by atoms with van der Waals surface area (Å²) in [6.07, 6.45) is -3.24. The molecule has 0 fully saturated rings. The fraction of sp³-hybridized carbons (Fsp3) is 0.0882. The van der Waals surface area contributed by atoms with Gasteiger partial charge in [-0.05, 0) is 23.0 Å². The molecule has 4 nitrogen and oxygen atoms in total. The minimum Gasteiger partial charge on any atom is -0.289 e. The molecule has 0 saturated carbocycles. The van der Waals surface area contributed by atoms with Crippen molar-refractivity contribution in [3.8, 4) is 0 Å². The van der Waals surface area contributed by atoms with Gasteiger partial charge in [-0.1, -0.05) is 0 Å². The molecule has 0 aliphatic carbocycles. The zero-order valence-electron chi connectivity index (χ0n) is 28.7. The molecule has 0 heterocycles. The van der Waals surface area contributed by atoms with Crippen LogP contribution >= 0.6 is 0 Å². The van der Waals surface area contributed by atoms with Gasteiger partial charge in [0.05, 0.1) is 17.4 Å². The number of hydrogen-bond acceptors (Lipinski definition) is 3. The van der Waals surface area contributed by atoms with Gasteiger partial charge in [-0.25, -0.2) is 87.8 Å². The first-order valence-corrected chi connectivity index (χ1v) is 17.5. The van der Waals surface area contributed by atoms with Crippen LogP contribution in [0.3, 0.4) is 0 Å². The first kappa shape index (κ1) is 46.9. The molecule has 0 N–H and O–H groups in total. The fourth-order valence-electron chi connectivity index (χ4n) is 5.99. The minimum atomic E-state index is -7.22. The molecule has 0 unspecified atom stereocenters. The predicted molar refractivity (Wildman–Crippen MR) is 171 cm³/mol. The maximum absolute atomic E-state index is 15.4. The smallest absolute Gasteiger partial charge is 0.269 e. The highest BCUT2D eigenvalue weighted by Gasteiger charge is 2.52. The average molecular weight is 905 g/mol. The summed E-state index contributed by atoms with van der Waals surface area (Å²) in [4.78, 5) is 21.5. The van der Waals surface area contributed by atoms with Crippen molar-refractivity contribution in [1.82, 2.24) is 0 Å². The van der Waals surface area contributed by atoms with Gasteiger partial charge in [-0.2, -0.15) is 0 Å². The quantitative estimate of drug-likeness (QED) is 0.0237. The molecule has 0 spiro atoms. The Hall–Kier alpha value is -5.82. The number of nitro groups is 1. The topological polar surface area (TPSA) is 60.2 Å². The lowest BCUT2D eigenvalue weighted by Gasteiger charge is -2.44. The molecule has 5 aromatic carbocycles. The van der Waals surface area contributed by atoms with Crippen molar-refractivity contribution in [2.75, 3.05) is 18.3 Å². The van der Waals surface area contributed by atoms with E-state index in [-0.39, 0.29) is 22.4 Å². The maximum Gasteiger partial charge on any atom is 0.269 e. The number of carbonyl (C=O) groups is 1. The lowest BCUT2D eigenvalue weighted by atomic mass is 9.12. The highest BCUT2D eigenvalue weighted by atomic mass is 32.2. The number of hydrogen-bond donors (Lipinski definition) is 0. The Balaban J connectivity index is 0.000000445. The van der Waals surface area contributed by atoms with Crippen molar-refractivity contribution in [3.05, 3.63) is 156 Å². The van der Waals surface area contributed by atoms with Gasteiger partial charge in [-0.3, -0.25) is 14.9 Å². The Kier molecular flexibility index (Phi) is 13.3. The van der Waals surface area contributed by atoms with Gasteiger partial charge < -0.3 is 0 Å². The van der Waals surface area contributed by atoms with Crippen LogP contribution in [0.1, 0.15) is 10.4 Å². The molecule has 0 aliphatic heterocycles. The van der Waals surface area contributed by atoms with E-state index < -0.39 is 149 Å². The molecule has 5 aromatic rings. The van der Waals surface area contributed by atoms with Gasteiger partial charge in [0.25, 0.3) is 5.69 Å². The summed E-state index contributed by atoms with van der Waals surface area (Å²) < 4.78 is 294. The summed E-state index contributed by atoms with van der Waals surface area (Å²) in [5, 5.41) is 10.4. The third kappa shape index (κ3) is 7.37. The van der Waals surface area contributed by atoms with E-state index in [4.69, 9.17) is 0 Å². The number of nitrogens with zero attached hydrogens (tertiary/aromatic N) is 1. The standard InChI is InChI=1S/C24BF20.C10H12NO3S/c26-5-1(6(27)14(35)21(42)13(5)34)25(2-7(28)15(36)22(43)16(37)8(2)29,3-9(30)17(38)23(44)18(39)10(3)31)4-11(32)19(40)24(45)20(41)12(4)33;1-15(2)7-10(12)8-3-5-9(6-4-8)11(13)14/h;3-6H,7H2,1-2H3/q-1;+1. The van der Waals surface area contributed by atoms with Gasteiger partial charge in [0, 0.05) is 17.7 Å². The van der Waals surface area contributed by atoms with Crippen molar-refractivity contribution >= 4 is 50.4 Å². The molecule has 0 bridgehead atoms. The first-order chi connectivity index (χ1) is 27.7.